The molecular weight excluding hydrogens is 537 g/mol. The van der Waals surface area contributed by atoms with Crippen LogP contribution in [0.5, 0.6) is 0 Å². The Balaban J connectivity index is 1.29. The van der Waals surface area contributed by atoms with Crippen molar-refractivity contribution in [2.24, 2.45) is 0 Å². The summed E-state index contributed by atoms with van der Waals surface area (Å²) in [4.78, 5) is 1.98. The summed E-state index contributed by atoms with van der Waals surface area (Å²) in [7, 11) is 0. The van der Waals surface area contributed by atoms with Gasteiger partial charge in [-0.15, -0.1) is 11.3 Å². The van der Waals surface area contributed by atoms with E-state index >= 15 is 0 Å². The quantitative estimate of drug-likeness (QED) is 0.125. The first-order valence-electron chi connectivity index (χ1n) is 13.9. The van der Waals surface area contributed by atoms with Crippen LogP contribution in [-0.4, -0.2) is 17.5 Å². The Labute approximate surface area is 243 Å². The van der Waals surface area contributed by atoms with Crippen LogP contribution in [0.4, 0.5) is 0 Å². The van der Waals surface area contributed by atoms with Crippen molar-refractivity contribution < 1.29 is 0 Å². The molecule has 0 bridgehead atoms. The number of fused-ring (bicyclic) bond motifs is 2. The lowest BCUT2D eigenvalue weighted by atomic mass is 10.0. The Bertz CT molecular complexity index is 1550. The zero-order chi connectivity index (χ0) is 26.9. The van der Waals surface area contributed by atoms with E-state index in [4.69, 9.17) is 0 Å². The molecule has 39 heavy (non-hydrogen) atoms. The van der Waals surface area contributed by atoms with Crippen molar-refractivity contribution in [3.63, 3.8) is 0 Å². The highest BCUT2D eigenvalue weighted by molar-refractivity contribution is 7.13. The van der Waals surface area contributed by atoms with E-state index in [1.807, 2.05) is 12.1 Å². The molecule has 0 atom stereocenters. The molecule has 0 aliphatic heterocycles. The number of thiophene rings is 1. The Morgan fingerprint density at radius 2 is 0.974 bits per heavy atom. The third kappa shape index (κ3) is 6.92. The molecule has 0 radical (unpaired) electrons. The molecule has 2 aromatic carbocycles. The summed E-state index contributed by atoms with van der Waals surface area (Å²) in [5, 5.41) is 0. The summed E-state index contributed by atoms with van der Waals surface area (Å²) in [6, 6.07) is 12.6. The summed E-state index contributed by atoms with van der Waals surface area (Å²) < 4.78 is 18.3. The Morgan fingerprint density at radius 1 is 0.513 bits per heavy atom. The number of hydrogen-bond acceptors (Lipinski definition) is 7. The van der Waals surface area contributed by atoms with E-state index in [0.717, 1.165) is 55.8 Å². The SMILES string of the molecule is CCCCCCc1ccc(C#Cc2ccc(C#Cc3ccc(CCCCCC)c4nsnc34)s2)c2nsnc12. The number of benzene rings is 2. The Kier molecular flexibility index (Phi) is 9.72. The van der Waals surface area contributed by atoms with Crippen LogP contribution in [0.25, 0.3) is 22.1 Å². The number of unbranched alkanes of at least 4 members (excludes halogenated alkanes) is 6. The van der Waals surface area contributed by atoms with E-state index in [1.54, 1.807) is 11.3 Å². The topological polar surface area (TPSA) is 51.6 Å². The zero-order valence-corrected chi connectivity index (χ0v) is 25.0. The molecule has 0 aliphatic rings. The highest BCUT2D eigenvalue weighted by atomic mass is 32.1. The van der Waals surface area contributed by atoms with Gasteiger partial charge in [-0.1, -0.05) is 88.2 Å². The second-order valence-electron chi connectivity index (χ2n) is 9.75. The molecule has 0 aliphatic carbocycles. The summed E-state index contributed by atoms with van der Waals surface area (Å²) in [5.74, 6) is 13.3. The maximum Gasteiger partial charge on any atom is 0.120 e. The average molecular weight is 569 g/mol. The minimum absolute atomic E-state index is 0.923. The van der Waals surface area contributed by atoms with Crippen molar-refractivity contribution in [2.45, 2.75) is 78.1 Å². The van der Waals surface area contributed by atoms with E-state index < -0.39 is 0 Å². The van der Waals surface area contributed by atoms with Crippen molar-refractivity contribution in [1.82, 2.24) is 17.5 Å². The van der Waals surface area contributed by atoms with Gasteiger partial charge in [0.15, 0.2) is 0 Å². The van der Waals surface area contributed by atoms with Gasteiger partial charge in [0.2, 0.25) is 0 Å². The van der Waals surface area contributed by atoms with E-state index in [2.05, 4.69) is 79.3 Å². The molecule has 0 N–H and O–H groups in total. The van der Waals surface area contributed by atoms with E-state index in [9.17, 15) is 0 Å². The van der Waals surface area contributed by atoms with Gasteiger partial charge in [-0.3, -0.25) is 0 Å². The van der Waals surface area contributed by atoms with Crippen LogP contribution in [0.2, 0.25) is 0 Å². The smallest absolute Gasteiger partial charge is 0.120 e. The van der Waals surface area contributed by atoms with Gasteiger partial charge in [0.1, 0.15) is 22.1 Å². The second kappa shape index (κ2) is 13.8. The Morgan fingerprint density at radius 3 is 1.44 bits per heavy atom. The number of aryl methyl sites for hydroxylation is 2. The molecule has 0 spiro atoms. The first-order valence-corrected chi connectivity index (χ1v) is 16.2. The highest BCUT2D eigenvalue weighted by Crippen LogP contribution is 2.24. The normalized spacial score (nSPS) is 10.9. The van der Waals surface area contributed by atoms with E-state index in [1.165, 1.54) is 85.9 Å². The monoisotopic (exact) mass is 568 g/mol. The van der Waals surface area contributed by atoms with Crippen molar-refractivity contribution in [2.75, 3.05) is 0 Å². The van der Waals surface area contributed by atoms with Crippen molar-refractivity contribution >= 4 is 56.9 Å². The van der Waals surface area contributed by atoms with Crippen molar-refractivity contribution in [3.05, 3.63) is 68.4 Å². The van der Waals surface area contributed by atoms with Crippen LogP contribution in [0.1, 0.15) is 97.2 Å². The lowest BCUT2D eigenvalue weighted by molar-refractivity contribution is 0.668. The number of aromatic nitrogens is 4. The summed E-state index contributed by atoms with van der Waals surface area (Å²) >= 11 is 4.15. The number of hydrogen-bond donors (Lipinski definition) is 0. The lowest BCUT2D eigenvalue weighted by Crippen LogP contribution is -1.90. The molecule has 3 aromatic heterocycles. The third-order valence-electron chi connectivity index (χ3n) is 6.84. The molecule has 0 saturated carbocycles. The van der Waals surface area contributed by atoms with Crippen LogP contribution in [0.15, 0.2) is 36.4 Å². The predicted molar refractivity (Wildman–Crippen MR) is 167 cm³/mol. The molecule has 0 unspecified atom stereocenters. The molecule has 0 fully saturated rings. The van der Waals surface area contributed by atoms with Crippen LogP contribution in [0.3, 0.4) is 0 Å². The fourth-order valence-electron chi connectivity index (χ4n) is 4.66. The first-order chi connectivity index (χ1) is 19.3. The van der Waals surface area contributed by atoms with Crippen LogP contribution in [0, 0.1) is 23.7 Å². The standard InChI is InChI=1S/C32H32N4S3/c1-3-5-7-9-11-23-13-15-25(31-29(23)33-38-35-31)17-19-27-21-22-28(37-27)20-18-26-16-14-24(12-10-8-6-4-2)30-32(26)36-39-34-30/h13-16,21-22H,3-12H2,1-2H3. The van der Waals surface area contributed by atoms with Crippen LogP contribution in [-0.2, 0) is 12.8 Å². The maximum absolute atomic E-state index is 4.57. The van der Waals surface area contributed by atoms with Gasteiger partial charge in [0, 0.05) is 0 Å². The highest BCUT2D eigenvalue weighted by Gasteiger charge is 2.10. The van der Waals surface area contributed by atoms with Gasteiger partial charge < -0.3 is 0 Å². The zero-order valence-electron chi connectivity index (χ0n) is 22.5. The summed E-state index contributed by atoms with van der Waals surface area (Å²) in [5.41, 5.74) is 8.30. The van der Waals surface area contributed by atoms with E-state index in [-0.39, 0.29) is 0 Å². The number of rotatable bonds is 10. The van der Waals surface area contributed by atoms with Crippen LogP contribution >= 0.6 is 34.8 Å². The molecule has 5 aromatic rings. The minimum Gasteiger partial charge on any atom is -0.173 e. The van der Waals surface area contributed by atoms with Crippen LogP contribution < -0.4 is 0 Å². The molecular formula is C32H32N4S3. The fraction of sp³-hybridized carbons (Fsp3) is 0.375. The predicted octanol–water partition coefficient (Wildman–Crippen LogP) is 8.80. The third-order valence-corrected chi connectivity index (χ3v) is 8.82. The van der Waals surface area contributed by atoms with Gasteiger partial charge in [0.25, 0.3) is 0 Å². The Hall–Kier alpha value is -3.10. The molecule has 0 saturated heterocycles. The first kappa shape index (κ1) is 27.5. The average Bonchev–Trinajstić information content (AvgIpc) is 3.73. The molecule has 5 rings (SSSR count). The summed E-state index contributed by atoms with van der Waals surface area (Å²) in [6.07, 6.45) is 12.1. The van der Waals surface area contributed by atoms with E-state index in [0.29, 0.717) is 0 Å². The molecule has 7 heteroatoms. The second-order valence-corrected chi connectivity index (χ2v) is 11.9. The maximum atomic E-state index is 4.57. The largest absolute Gasteiger partial charge is 0.173 e. The lowest BCUT2D eigenvalue weighted by Gasteiger charge is -2.03. The summed E-state index contributed by atoms with van der Waals surface area (Å²) in [6.45, 7) is 4.48. The van der Waals surface area contributed by atoms with Crippen molar-refractivity contribution in [3.8, 4) is 23.7 Å². The van der Waals surface area contributed by atoms with Gasteiger partial charge in [-0.2, -0.15) is 17.5 Å². The fourth-order valence-corrected chi connectivity index (χ4v) is 6.55. The van der Waals surface area contributed by atoms with Gasteiger partial charge >= 0.3 is 0 Å². The molecule has 0 amide bonds. The molecule has 4 nitrogen and oxygen atoms in total. The van der Waals surface area contributed by atoms with Crippen molar-refractivity contribution in [1.29, 1.82) is 0 Å². The van der Waals surface area contributed by atoms with Gasteiger partial charge in [0.05, 0.1) is 44.3 Å². The molecule has 198 valence electrons. The van der Waals surface area contributed by atoms with Gasteiger partial charge in [-0.25, -0.2) is 0 Å². The van der Waals surface area contributed by atoms with Gasteiger partial charge in [-0.05, 0) is 61.1 Å². The molecule has 3 heterocycles. The minimum atomic E-state index is 0.923. The number of nitrogens with zero attached hydrogens (tertiary/aromatic N) is 4.